The summed E-state index contributed by atoms with van der Waals surface area (Å²) >= 11 is 5.26. The number of hydrogen-bond acceptors (Lipinski definition) is 4. The van der Waals surface area contributed by atoms with Crippen molar-refractivity contribution < 1.29 is 4.74 Å². The second-order valence-corrected chi connectivity index (χ2v) is 7.21. The Morgan fingerprint density at radius 1 is 1.21 bits per heavy atom. The molecule has 3 aromatic rings. The van der Waals surface area contributed by atoms with Crippen molar-refractivity contribution >= 4 is 27.3 Å². The van der Waals surface area contributed by atoms with E-state index >= 15 is 0 Å². The van der Waals surface area contributed by atoms with Gasteiger partial charge in [0.25, 0.3) is 0 Å². The van der Waals surface area contributed by atoms with Crippen LogP contribution in [0.1, 0.15) is 24.2 Å². The van der Waals surface area contributed by atoms with E-state index < -0.39 is 0 Å². The Labute approximate surface area is 154 Å². The minimum Gasteiger partial charge on any atom is -0.497 e. The van der Waals surface area contributed by atoms with Crippen LogP contribution >= 0.6 is 27.3 Å². The maximum atomic E-state index is 5.28. The van der Waals surface area contributed by atoms with Gasteiger partial charge in [-0.1, -0.05) is 46.3 Å². The molecule has 0 aliphatic heterocycles. The fraction of sp³-hybridized carbons (Fsp3) is 0.211. The summed E-state index contributed by atoms with van der Waals surface area (Å²) in [5.41, 5.74) is 3.39. The Kier molecular flexibility index (Phi) is 5.66. The van der Waals surface area contributed by atoms with Gasteiger partial charge in [0.2, 0.25) is 0 Å². The maximum Gasteiger partial charge on any atom is 0.123 e. The molecule has 0 amide bonds. The molecule has 0 bridgehead atoms. The number of aromatic nitrogens is 1. The second kappa shape index (κ2) is 7.92. The van der Waals surface area contributed by atoms with Crippen LogP contribution in [0.3, 0.4) is 0 Å². The normalized spacial score (nSPS) is 12.1. The fourth-order valence-electron chi connectivity index (χ4n) is 2.47. The fourth-order valence-corrected chi connectivity index (χ4v) is 3.92. The number of rotatable bonds is 6. The highest BCUT2D eigenvalue weighted by Crippen LogP contribution is 2.27. The Hall–Kier alpha value is -1.69. The van der Waals surface area contributed by atoms with Crippen molar-refractivity contribution in [2.45, 2.75) is 19.5 Å². The number of nitrogens with one attached hydrogen (secondary N) is 1. The van der Waals surface area contributed by atoms with Crippen molar-refractivity contribution in [3.63, 3.8) is 0 Å². The first kappa shape index (κ1) is 17.1. The number of ether oxygens (including phenoxy) is 1. The smallest absolute Gasteiger partial charge is 0.123 e. The lowest BCUT2D eigenvalue weighted by Gasteiger charge is -2.14. The molecular weight excluding hydrogens is 384 g/mol. The van der Waals surface area contributed by atoms with Crippen molar-refractivity contribution in [1.29, 1.82) is 0 Å². The zero-order chi connectivity index (χ0) is 16.9. The largest absolute Gasteiger partial charge is 0.497 e. The molecule has 24 heavy (non-hydrogen) atoms. The lowest BCUT2D eigenvalue weighted by Crippen LogP contribution is -2.18. The highest BCUT2D eigenvalue weighted by molar-refractivity contribution is 9.10. The zero-order valence-corrected chi connectivity index (χ0v) is 16.0. The molecule has 1 aromatic heterocycles. The van der Waals surface area contributed by atoms with E-state index in [0.717, 1.165) is 33.0 Å². The molecule has 1 heterocycles. The minimum absolute atomic E-state index is 0.252. The summed E-state index contributed by atoms with van der Waals surface area (Å²) in [5.74, 6) is 0.852. The van der Waals surface area contributed by atoms with Gasteiger partial charge in [0.05, 0.1) is 12.8 Å². The van der Waals surface area contributed by atoms with Crippen LogP contribution in [-0.2, 0) is 6.54 Å². The molecule has 3 nitrogen and oxygen atoms in total. The van der Waals surface area contributed by atoms with Gasteiger partial charge in [-0.3, -0.25) is 0 Å². The molecule has 124 valence electrons. The number of nitrogens with zero attached hydrogens (tertiary/aromatic N) is 1. The topological polar surface area (TPSA) is 34.1 Å². The van der Waals surface area contributed by atoms with Crippen molar-refractivity contribution in [3.05, 3.63) is 69.6 Å². The second-order valence-electron chi connectivity index (χ2n) is 5.50. The SMILES string of the molecule is COc1cccc(-c2nc(CNC(C)c3ccccc3Br)cs2)c1. The summed E-state index contributed by atoms with van der Waals surface area (Å²) in [6.45, 7) is 2.90. The van der Waals surface area contributed by atoms with Crippen LogP contribution in [0.5, 0.6) is 5.75 Å². The van der Waals surface area contributed by atoms with Gasteiger partial charge >= 0.3 is 0 Å². The molecule has 5 heteroatoms. The first-order valence-corrected chi connectivity index (χ1v) is 9.41. The molecule has 1 unspecified atom stereocenters. The quantitative estimate of drug-likeness (QED) is 0.596. The summed E-state index contributed by atoms with van der Waals surface area (Å²) < 4.78 is 6.41. The predicted octanol–water partition coefficient (Wildman–Crippen LogP) is 5.43. The molecule has 0 saturated heterocycles. The van der Waals surface area contributed by atoms with Crippen molar-refractivity contribution in [2.24, 2.45) is 0 Å². The first-order valence-electron chi connectivity index (χ1n) is 7.74. The zero-order valence-electron chi connectivity index (χ0n) is 13.6. The van der Waals surface area contributed by atoms with E-state index in [4.69, 9.17) is 9.72 Å². The summed E-state index contributed by atoms with van der Waals surface area (Å²) in [6, 6.07) is 16.5. The number of methoxy groups -OCH3 is 1. The van der Waals surface area contributed by atoms with Gasteiger partial charge in [-0.2, -0.15) is 0 Å². The highest BCUT2D eigenvalue weighted by atomic mass is 79.9. The third-order valence-corrected chi connectivity index (χ3v) is 5.49. The number of thiazole rings is 1. The van der Waals surface area contributed by atoms with Gasteiger partial charge in [0, 0.05) is 28.0 Å². The van der Waals surface area contributed by atoms with Gasteiger partial charge in [-0.15, -0.1) is 11.3 Å². The average Bonchev–Trinajstić information content (AvgIpc) is 3.09. The number of halogens is 1. The van der Waals surface area contributed by atoms with E-state index in [1.165, 1.54) is 5.56 Å². The van der Waals surface area contributed by atoms with Gasteiger partial charge < -0.3 is 10.1 Å². The monoisotopic (exact) mass is 402 g/mol. The van der Waals surface area contributed by atoms with Gasteiger partial charge in [-0.05, 0) is 30.7 Å². The number of benzene rings is 2. The molecule has 0 saturated carbocycles. The molecule has 3 rings (SSSR count). The lowest BCUT2D eigenvalue weighted by molar-refractivity contribution is 0.415. The third kappa shape index (κ3) is 4.04. The van der Waals surface area contributed by atoms with Crippen LogP contribution < -0.4 is 10.1 Å². The predicted molar refractivity (Wildman–Crippen MR) is 103 cm³/mol. The highest BCUT2D eigenvalue weighted by Gasteiger charge is 2.10. The molecule has 1 atom stereocenters. The Morgan fingerprint density at radius 3 is 2.83 bits per heavy atom. The molecule has 2 aromatic carbocycles. The Bertz CT molecular complexity index is 818. The van der Waals surface area contributed by atoms with E-state index in [2.05, 4.69) is 57.8 Å². The summed E-state index contributed by atoms with van der Waals surface area (Å²) in [7, 11) is 1.68. The van der Waals surface area contributed by atoms with Crippen LogP contribution in [0.4, 0.5) is 0 Å². The molecule has 0 aliphatic carbocycles. The molecule has 0 fully saturated rings. The summed E-state index contributed by atoms with van der Waals surface area (Å²) in [5, 5.41) is 6.65. The Morgan fingerprint density at radius 2 is 2.04 bits per heavy atom. The lowest BCUT2D eigenvalue weighted by atomic mass is 10.1. The number of hydrogen-bond donors (Lipinski definition) is 1. The molecule has 0 aliphatic rings. The third-order valence-electron chi connectivity index (χ3n) is 3.83. The van der Waals surface area contributed by atoms with Crippen LogP contribution in [0.2, 0.25) is 0 Å². The van der Waals surface area contributed by atoms with Crippen LogP contribution in [0, 0.1) is 0 Å². The van der Waals surface area contributed by atoms with E-state index in [-0.39, 0.29) is 6.04 Å². The van der Waals surface area contributed by atoms with Crippen molar-refractivity contribution in [3.8, 4) is 16.3 Å². The summed E-state index contributed by atoms with van der Waals surface area (Å²) in [4.78, 5) is 4.73. The van der Waals surface area contributed by atoms with Crippen molar-refractivity contribution in [1.82, 2.24) is 10.3 Å². The molecule has 0 spiro atoms. The minimum atomic E-state index is 0.252. The van der Waals surface area contributed by atoms with Crippen molar-refractivity contribution in [2.75, 3.05) is 7.11 Å². The first-order chi connectivity index (χ1) is 11.7. The molecular formula is C19H19BrN2OS. The van der Waals surface area contributed by atoms with E-state index in [1.807, 2.05) is 24.3 Å². The maximum absolute atomic E-state index is 5.28. The van der Waals surface area contributed by atoms with E-state index in [0.29, 0.717) is 0 Å². The van der Waals surface area contributed by atoms with Gasteiger partial charge in [-0.25, -0.2) is 4.98 Å². The van der Waals surface area contributed by atoms with Crippen LogP contribution in [0.15, 0.2) is 58.4 Å². The molecule has 1 N–H and O–H groups in total. The van der Waals surface area contributed by atoms with Gasteiger partial charge in [0.1, 0.15) is 10.8 Å². The van der Waals surface area contributed by atoms with Crippen LogP contribution in [-0.4, -0.2) is 12.1 Å². The Balaban J connectivity index is 1.67. The van der Waals surface area contributed by atoms with E-state index in [9.17, 15) is 0 Å². The molecule has 0 radical (unpaired) electrons. The van der Waals surface area contributed by atoms with E-state index in [1.54, 1.807) is 18.4 Å². The summed E-state index contributed by atoms with van der Waals surface area (Å²) in [6.07, 6.45) is 0. The average molecular weight is 403 g/mol. The van der Waals surface area contributed by atoms with Gasteiger partial charge in [0.15, 0.2) is 0 Å². The standard InChI is InChI=1S/C19H19BrN2OS/c1-13(17-8-3-4-9-18(17)20)21-11-15-12-24-19(22-15)14-6-5-7-16(10-14)23-2/h3-10,12-13,21H,11H2,1-2H3. The van der Waals surface area contributed by atoms with Crippen LogP contribution in [0.25, 0.3) is 10.6 Å².